The van der Waals surface area contributed by atoms with Crippen molar-refractivity contribution in [3.05, 3.63) is 53.6 Å². The van der Waals surface area contributed by atoms with Crippen molar-refractivity contribution in [1.82, 2.24) is 0 Å². The molecule has 1 heterocycles. The Morgan fingerprint density at radius 1 is 0.720 bits per heavy atom. The van der Waals surface area contributed by atoms with E-state index in [4.69, 9.17) is 9.31 Å². The summed E-state index contributed by atoms with van der Waals surface area (Å²) >= 11 is 0. The Morgan fingerprint density at radius 2 is 1.24 bits per heavy atom. The Labute approximate surface area is 147 Å². The average Bonchev–Trinajstić information content (AvgIpc) is 2.80. The van der Waals surface area contributed by atoms with Crippen LogP contribution in [0.3, 0.4) is 0 Å². The molecule has 0 atom stereocenters. The molecular weight excluding hydrogens is 315 g/mol. The lowest BCUT2D eigenvalue weighted by Crippen LogP contribution is -2.41. The third-order valence-electron chi connectivity index (χ3n) is 5.48. The second kappa shape index (κ2) is 5.13. The van der Waals surface area contributed by atoms with Gasteiger partial charge in [-0.15, -0.1) is 0 Å². The standard InChI is InChI=1S/C20H19BO4/c1-19(2)20(3,4)25-21(24-19)12-9-10-15-16(11-12)13-7-5-6-8-14(13)17(22)18(15)23/h5-11H,1-4H3. The van der Waals surface area contributed by atoms with E-state index in [0.29, 0.717) is 11.1 Å². The minimum Gasteiger partial charge on any atom is -0.399 e. The van der Waals surface area contributed by atoms with E-state index in [1.165, 1.54) is 0 Å². The molecule has 5 heteroatoms. The molecule has 0 aromatic heterocycles. The van der Waals surface area contributed by atoms with Gasteiger partial charge < -0.3 is 9.31 Å². The highest BCUT2D eigenvalue weighted by Gasteiger charge is 2.51. The van der Waals surface area contributed by atoms with Gasteiger partial charge in [0.2, 0.25) is 11.6 Å². The van der Waals surface area contributed by atoms with Gasteiger partial charge in [-0.1, -0.05) is 42.5 Å². The van der Waals surface area contributed by atoms with Gasteiger partial charge in [0, 0.05) is 11.1 Å². The van der Waals surface area contributed by atoms with E-state index in [-0.39, 0.29) is 0 Å². The Balaban J connectivity index is 1.82. The molecular formula is C20H19BO4. The highest BCUT2D eigenvalue weighted by molar-refractivity contribution is 6.62. The van der Waals surface area contributed by atoms with E-state index in [9.17, 15) is 9.59 Å². The van der Waals surface area contributed by atoms with Crippen molar-refractivity contribution in [3.8, 4) is 11.1 Å². The summed E-state index contributed by atoms with van der Waals surface area (Å²) in [6.45, 7) is 8.01. The number of rotatable bonds is 1. The summed E-state index contributed by atoms with van der Waals surface area (Å²) in [6, 6.07) is 12.6. The van der Waals surface area contributed by atoms with Crippen LogP contribution < -0.4 is 5.46 Å². The van der Waals surface area contributed by atoms with Crippen LogP contribution >= 0.6 is 0 Å². The van der Waals surface area contributed by atoms with Crippen molar-refractivity contribution in [2.24, 2.45) is 0 Å². The van der Waals surface area contributed by atoms with Gasteiger partial charge in [-0.3, -0.25) is 9.59 Å². The maximum absolute atomic E-state index is 12.4. The number of fused-ring (bicyclic) bond motifs is 3. The zero-order chi connectivity index (χ0) is 18.0. The summed E-state index contributed by atoms with van der Waals surface area (Å²) in [5.41, 5.74) is 2.39. The summed E-state index contributed by atoms with van der Waals surface area (Å²) in [7, 11) is -0.504. The van der Waals surface area contributed by atoms with Gasteiger partial charge in [0.15, 0.2) is 0 Å². The molecule has 25 heavy (non-hydrogen) atoms. The molecule has 4 rings (SSSR count). The van der Waals surface area contributed by atoms with Crippen molar-refractivity contribution >= 4 is 24.1 Å². The first-order valence-electron chi connectivity index (χ1n) is 8.39. The van der Waals surface area contributed by atoms with Gasteiger partial charge in [0.25, 0.3) is 0 Å². The van der Waals surface area contributed by atoms with Crippen molar-refractivity contribution in [3.63, 3.8) is 0 Å². The first-order valence-corrected chi connectivity index (χ1v) is 8.39. The zero-order valence-electron chi connectivity index (χ0n) is 14.8. The fourth-order valence-electron chi connectivity index (χ4n) is 3.27. The number of hydrogen-bond acceptors (Lipinski definition) is 4. The van der Waals surface area contributed by atoms with E-state index >= 15 is 0 Å². The highest BCUT2D eigenvalue weighted by atomic mass is 16.7. The number of hydrogen-bond donors (Lipinski definition) is 0. The van der Waals surface area contributed by atoms with Crippen LogP contribution in [0.1, 0.15) is 48.4 Å². The normalized spacial score (nSPS) is 20.4. The molecule has 0 bridgehead atoms. The predicted octanol–water partition coefficient (Wildman–Crippen LogP) is 3.03. The van der Waals surface area contributed by atoms with Crippen LogP contribution in [0, 0.1) is 0 Å². The second-order valence-corrected chi connectivity index (χ2v) is 7.60. The molecule has 1 aliphatic heterocycles. The highest BCUT2D eigenvalue weighted by Crippen LogP contribution is 2.38. The minimum absolute atomic E-state index is 0.433. The molecule has 0 unspecified atom stereocenters. The average molecular weight is 334 g/mol. The van der Waals surface area contributed by atoms with Gasteiger partial charge in [-0.05, 0) is 44.3 Å². The third kappa shape index (κ3) is 2.30. The molecule has 2 aliphatic rings. The van der Waals surface area contributed by atoms with Gasteiger partial charge in [-0.25, -0.2) is 0 Å². The maximum Gasteiger partial charge on any atom is 0.494 e. The van der Waals surface area contributed by atoms with Gasteiger partial charge in [0.05, 0.1) is 11.2 Å². The maximum atomic E-state index is 12.4. The summed E-state index contributed by atoms with van der Waals surface area (Å²) in [6.07, 6.45) is 0. The van der Waals surface area contributed by atoms with Crippen LogP contribution in [0.15, 0.2) is 42.5 Å². The lowest BCUT2D eigenvalue weighted by molar-refractivity contribution is 0.00578. The summed E-state index contributed by atoms with van der Waals surface area (Å²) in [5, 5.41) is 0. The zero-order valence-corrected chi connectivity index (χ0v) is 14.8. The van der Waals surface area contributed by atoms with E-state index in [1.807, 2.05) is 45.9 Å². The Morgan fingerprint density at radius 3 is 1.84 bits per heavy atom. The van der Waals surface area contributed by atoms with Crippen LogP contribution in [-0.4, -0.2) is 29.9 Å². The molecule has 1 fully saturated rings. The lowest BCUT2D eigenvalue weighted by Gasteiger charge is -2.32. The molecule has 4 nitrogen and oxygen atoms in total. The van der Waals surface area contributed by atoms with E-state index in [2.05, 4.69) is 0 Å². The number of ketones is 2. The van der Waals surface area contributed by atoms with Gasteiger partial charge in [0.1, 0.15) is 0 Å². The fourth-order valence-corrected chi connectivity index (χ4v) is 3.27. The van der Waals surface area contributed by atoms with Gasteiger partial charge >= 0.3 is 7.12 Å². The Bertz CT molecular complexity index is 898. The summed E-state index contributed by atoms with van der Waals surface area (Å²) in [5.74, 6) is -0.916. The molecule has 2 aromatic carbocycles. The van der Waals surface area contributed by atoms with E-state index in [1.54, 1.807) is 24.3 Å². The third-order valence-corrected chi connectivity index (χ3v) is 5.48. The summed E-state index contributed by atoms with van der Waals surface area (Å²) in [4.78, 5) is 24.7. The van der Waals surface area contributed by atoms with Crippen molar-refractivity contribution in [1.29, 1.82) is 0 Å². The number of carbonyl (C=O) groups excluding carboxylic acids is 2. The van der Waals surface area contributed by atoms with Crippen LogP contribution in [0.25, 0.3) is 11.1 Å². The van der Waals surface area contributed by atoms with E-state index < -0.39 is 29.9 Å². The van der Waals surface area contributed by atoms with Crippen LogP contribution in [0.5, 0.6) is 0 Å². The smallest absolute Gasteiger partial charge is 0.399 e. The van der Waals surface area contributed by atoms with Crippen LogP contribution in [0.2, 0.25) is 0 Å². The lowest BCUT2D eigenvalue weighted by atomic mass is 9.74. The first-order chi connectivity index (χ1) is 11.7. The van der Waals surface area contributed by atoms with E-state index in [0.717, 1.165) is 16.6 Å². The van der Waals surface area contributed by atoms with Crippen molar-refractivity contribution in [2.75, 3.05) is 0 Å². The molecule has 1 aliphatic carbocycles. The molecule has 0 spiro atoms. The topological polar surface area (TPSA) is 52.6 Å². The van der Waals surface area contributed by atoms with Gasteiger partial charge in [-0.2, -0.15) is 0 Å². The SMILES string of the molecule is CC1(C)OB(c2ccc3c(c2)-c2ccccc2C(=O)C3=O)OC1(C)C. The Kier molecular flexibility index (Phi) is 3.33. The quantitative estimate of drug-likeness (QED) is 0.594. The molecule has 0 radical (unpaired) electrons. The fraction of sp³-hybridized carbons (Fsp3) is 0.300. The minimum atomic E-state index is -0.504. The molecule has 0 N–H and O–H groups in total. The Hall–Kier alpha value is -2.24. The number of Topliss-reactive ketones (excluding diaryl/α,β-unsaturated/α-hetero) is 2. The second-order valence-electron chi connectivity index (χ2n) is 7.60. The van der Waals surface area contributed by atoms with Crippen molar-refractivity contribution < 1.29 is 18.9 Å². The predicted molar refractivity (Wildman–Crippen MR) is 96.3 cm³/mol. The monoisotopic (exact) mass is 334 g/mol. The molecule has 0 amide bonds. The molecule has 0 saturated carbocycles. The molecule has 126 valence electrons. The van der Waals surface area contributed by atoms with Crippen molar-refractivity contribution in [2.45, 2.75) is 38.9 Å². The van der Waals surface area contributed by atoms with Crippen LogP contribution in [-0.2, 0) is 9.31 Å². The van der Waals surface area contributed by atoms with Crippen LogP contribution in [0.4, 0.5) is 0 Å². The largest absolute Gasteiger partial charge is 0.494 e. The molecule has 2 aromatic rings. The molecule has 1 saturated heterocycles. The number of benzene rings is 2. The summed E-state index contributed by atoms with van der Waals surface area (Å²) < 4.78 is 12.2. The number of carbonyl (C=O) groups is 2. The first kappa shape index (κ1) is 16.2.